The quantitative estimate of drug-likeness (QED) is 0.441. The first-order chi connectivity index (χ1) is 11.6. The third-order valence-electron chi connectivity index (χ3n) is 3.44. The van der Waals surface area contributed by atoms with Crippen molar-refractivity contribution in [2.45, 2.75) is 13.3 Å². The Kier molecular flexibility index (Phi) is 6.39. The largest absolute Gasteiger partial charge is 0.465 e. The fraction of sp³-hybridized carbons (Fsp3) is 0.400. The molecule has 0 aliphatic carbocycles. The maximum Gasteiger partial charge on any atom is 0.321 e. The summed E-state index contributed by atoms with van der Waals surface area (Å²) in [6.07, 6.45) is -0.217. The summed E-state index contributed by atoms with van der Waals surface area (Å²) in [6.45, 7) is 1.64. The fourth-order valence-electron chi connectivity index (χ4n) is 2.51. The maximum atomic E-state index is 12.5. The van der Waals surface area contributed by atoms with E-state index in [1.807, 2.05) is 0 Å². The van der Waals surface area contributed by atoms with Crippen LogP contribution in [-0.2, 0) is 29.0 Å². The first-order valence-electron chi connectivity index (χ1n) is 7.32. The number of hydrogen-bond acceptors (Lipinski definition) is 6. The van der Waals surface area contributed by atoms with Crippen LogP contribution in [0.4, 0.5) is 5.69 Å². The highest BCUT2D eigenvalue weighted by Crippen LogP contribution is 2.32. The van der Waals surface area contributed by atoms with E-state index in [4.69, 9.17) is 0 Å². The van der Waals surface area contributed by atoms with Crippen molar-refractivity contribution in [2.75, 3.05) is 23.0 Å². The zero-order valence-electron chi connectivity index (χ0n) is 13.2. The van der Waals surface area contributed by atoms with Crippen LogP contribution in [0.2, 0.25) is 0 Å². The summed E-state index contributed by atoms with van der Waals surface area (Å²) in [6, 6.07) is 4.93. The van der Waals surface area contributed by atoms with Crippen LogP contribution >= 0.6 is 31.9 Å². The topological polar surface area (TPSA) is 97.8 Å². The minimum Gasteiger partial charge on any atom is -0.465 e. The van der Waals surface area contributed by atoms with Gasteiger partial charge in [-0.15, -0.1) is 0 Å². The van der Waals surface area contributed by atoms with Crippen molar-refractivity contribution in [3.63, 3.8) is 0 Å². The zero-order valence-corrected chi connectivity index (χ0v) is 17.2. The Balaban J connectivity index is 2.17. The first-order valence-corrected chi connectivity index (χ1v) is 10.7. The molecular formula is C15H15Br2NO6S. The van der Waals surface area contributed by atoms with E-state index < -0.39 is 45.0 Å². The van der Waals surface area contributed by atoms with E-state index in [1.165, 1.54) is 0 Å². The van der Waals surface area contributed by atoms with Crippen molar-refractivity contribution < 1.29 is 27.5 Å². The Labute approximate surface area is 161 Å². The molecular weight excluding hydrogens is 482 g/mol. The van der Waals surface area contributed by atoms with E-state index >= 15 is 0 Å². The lowest BCUT2D eigenvalue weighted by atomic mass is 10.1. The number of amides is 2. The lowest BCUT2D eigenvalue weighted by molar-refractivity contribution is -0.140. The Morgan fingerprint density at radius 1 is 1.24 bits per heavy atom. The van der Waals surface area contributed by atoms with E-state index in [0.29, 0.717) is 14.6 Å². The molecule has 0 N–H and O–H groups in total. The number of imide groups is 1. The summed E-state index contributed by atoms with van der Waals surface area (Å²) in [5, 5.41) is 0. The molecule has 0 radical (unpaired) electrons. The molecule has 7 nitrogen and oxygen atoms in total. The Bertz CT molecular complexity index is 803. The highest BCUT2D eigenvalue weighted by atomic mass is 79.9. The molecule has 0 aromatic heterocycles. The number of benzene rings is 1. The summed E-state index contributed by atoms with van der Waals surface area (Å²) < 4.78 is 30.1. The van der Waals surface area contributed by atoms with E-state index in [0.717, 1.165) is 4.90 Å². The molecule has 2 amide bonds. The molecule has 1 saturated heterocycles. The maximum absolute atomic E-state index is 12.5. The second-order valence-electron chi connectivity index (χ2n) is 5.46. The molecule has 0 spiro atoms. The smallest absolute Gasteiger partial charge is 0.321 e. The van der Waals surface area contributed by atoms with Gasteiger partial charge in [-0.2, -0.15) is 0 Å². The van der Waals surface area contributed by atoms with Crippen molar-refractivity contribution in [1.82, 2.24) is 0 Å². The SMILES string of the molecule is CCOC(=O)CS(=O)(=O)CC1CC(=O)N(c2cc(Br)cc(Br)c2)C1=O. The van der Waals surface area contributed by atoms with E-state index in [2.05, 4.69) is 36.6 Å². The number of hydrogen-bond donors (Lipinski definition) is 0. The van der Waals surface area contributed by atoms with Crippen LogP contribution in [0.3, 0.4) is 0 Å². The summed E-state index contributed by atoms with van der Waals surface area (Å²) >= 11 is 6.56. The van der Waals surface area contributed by atoms with Gasteiger partial charge in [-0.05, 0) is 25.1 Å². The molecule has 0 bridgehead atoms. The van der Waals surface area contributed by atoms with Crippen molar-refractivity contribution in [3.8, 4) is 0 Å². The molecule has 0 saturated carbocycles. The van der Waals surface area contributed by atoms with Crippen molar-refractivity contribution in [1.29, 1.82) is 0 Å². The number of ether oxygens (including phenoxy) is 1. The van der Waals surface area contributed by atoms with Crippen molar-refractivity contribution >= 4 is 65.2 Å². The second kappa shape index (κ2) is 7.96. The summed E-state index contributed by atoms with van der Waals surface area (Å²) in [5.74, 6) is -4.32. The molecule has 1 aliphatic rings. The fourth-order valence-corrected chi connectivity index (χ4v) is 5.22. The van der Waals surface area contributed by atoms with Crippen LogP contribution in [-0.4, -0.2) is 44.3 Å². The van der Waals surface area contributed by atoms with Crippen LogP contribution in [0.15, 0.2) is 27.1 Å². The third-order valence-corrected chi connectivity index (χ3v) is 5.95. The van der Waals surface area contributed by atoms with Crippen LogP contribution in [0, 0.1) is 5.92 Å². The minimum absolute atomic E-state index is 0.0702. The molecule has 1 unspecified atom stereocenters. The summed E-state index contributed by atoms with van der Waals surface area (Å²) in [4.78, 5) is 37.1. The third kappa shape index (κ3) is 5.11. The summed E-state index contributed by atoms with van der Waals surface area (Å²) in [5.41, 5.74) is 0.349. The average Bonchev–Trinajstić information content (AvgIpc) is 2.70. The molecule has 1 fully saturated rings. The molecule has 136 valence electrons. The van der Waals surface area contributed by atoms with E-state index in [9.17, 15) is 22.8 Å². The lowest BCUT2D eigenvalue weighted by Gasteiger charge is -2.16. The predicted molar refractivity (Wildman–Crippen MR) is 97.7 cm³/mol. The van der Waals surface area contributed by atoms with Gasteiger partial charge in [0.1, 0.15) is 5.75 Å². The number of nitrogens with zero attached hydrogens (tertiary/aromatic N) is 1. The number of esters is 1. The molecule has 1 aromatic rings. The van der Waals surface area contributed by atoms with Gasteiger partial charge < -0.3 is 4.74 Å². The van der Waals surface area contributed by atoms with Gasteiger partial charge >= 0.3 is 5.97 Å². The van der Waals surface area contributed by atoms with Gasteiger partial charge in [0.2, 0.25) is 11.8 Å². The normalized spacial score (nSPS) is 17.9. The number of sulfone groups is 1. The molecule has 1 aliphatic heterocycles. The van der Waals surface area contributed by atoms with Gasteiger partial charge in [0.15, 0.2) is 9.84 Å². The molecule has 2 rings (SSSR count). The van der Waals surface area contributed by atoms with Gasteiger partial charge in [-0.1, -0.05) is 31.9 Å². The van der Waals surface area contributed by atoms with Crippen LogP contribution in [0.5, 0.6) is 0 Å². The van der Waals surface area contributed by atoms with Crippen molar-refractivity contribution in [2.24, 2.45) is 5.92 Å². The van der Waals surface area contributed by atoms with Crippen LogP contribution < -0.4 is 4.90 Å². The van der Waals surface area contributed by atoms with Crippen LogP contribution in [0.25, 0.3) is 0 Å². The van der Waals surface area contributed by atoms with Gasteiger partial charge in [0.05, 0.1) is 24.0 Å². The van der Waals surface area contributed by atoms with Gasteiger partial charge in [-0.25, -0.2) is 8.42 Å². The van der Waals surface area contributed by atoms with E-state index in [1.54, 1.807) is 25.1 Å². The van der Waals surface area contributed by atoms with E-state index in [-0.39, 0.29) is 13.0 Å². The van der Waals surface area contributed by atoms with Crippen LogP contribution in [0.1, 0.15) is 13.3 Å². The Morgan fingerprint density at radius 3 is 2.40 bits per heavy atom. The number of carbonyl (C=O) groups excluding carboxylic acids is 3. The minimum atomic E-state index is -3.86. The highest BCUT2D eigenvalue weighted by Gasteiger charge is 2.42. The number of halogens is 2. The molecule has 25 heavy (non-hydrogen) atoms. The Morgan fingerprint density at radius 2 is 1.84 bits per heavy atom. The predicted octanol–water partition coefficient (Wildman–Crippen LogP) is 2.07. The number of rotatable bonds is 6. The molecule has 1 atom stereocenters. The average molecular weight is 497 g/mol. The molecule has 10 heteroatoms. The van der Waals surface area contributed by atoms with Gasteiger partial charge in [-0.3, -0.25) is 19.3 Å². The zero-order chi connectivity index (χ0) is 18.8. The lowest BCUT2D eigenvalue weighted by Crippen LogP contribution is -2.33. The monoisotopic (exact) mass is 495 g/mol. The Hall–Kier alpha value is -1.26. The molecule has 1 heterocycles. The van der Waals surface area contributed by atoms with Crippen molar-refractivity contribution in [3.05, 3.63) is 27.1 Å². The highest BCUT2D eigenvalue weighted by molar-refractivity contribution is 9.11. The number of carbonyl (C=O) groups is 3. The summed E-state index contributed by atoms with van der Waals surface area (Å²) in [7, 11) is -3.86. The number of anilines is 1. The first kappa shape index (κ1) is 20.1. The van der Waals surface area contributed by atoms with Gasteiger partial charge in [0, 0.05) is 15.4 Å². The van der Waals surface area contributed by atoms with Gasteiger partial charge in [0.25, 0.3) is 0 Å². The standard InChI is InChI=1S/C15H15Br2NO6S/c1-2-24-14(20)8-25(22,23)7-9-3-13(19)18(15(9)21)12-5-10(16)4-11(17)6-12/h4-6,9H,2-3,7-8H2,1H3. The second-order valence-corrected chi connectivity index (χ2v) is 9.40. The molecule has 1 aromatic carbocycles.